The van der Waals surface area contributed by atoms with Gasteiger partial charge in [0.1, 0.15) is 5.15 Å². The fraction of sp³-hybridized carbons (Fsp3) is 0.667. The molecule has 1 aliphatic heterocycles. The van der Waals surface area contributed by atoms with E-state index in [-0.39, 0.29) is 24.0 Å². The van der Waals surface area contributed by atoms with Crippen molar-refractivity contribution < 1.29 is 0 Å². The van der Waals surface area contributed by atoms with Crippen LogP contribution in [0.15, 0.2) is 23.3 Å². The molecule has 2 N–H and O–H groups in total. The first-order chi connectivity index (χ1) is 11.7. The van der Waals surface area contributed by atoms with Crippen LogP contribution in [0.2, 0.25) is 5.15 Å². The van der Waals surface area contributed by atoms with Crippen LogP contribution >= 0.6 is 35.6 Å². The van der Waals surface area contributed by atoms with E-state index in [1.807, 2.05) is 25.4 Å². The predicted octanol–water partition coefficient (Wildman–Crippen LogP) is 3.33. The van der Waals surface area contributed by atoms with E-state index in [2.05, 4.69) is 32.4 Å². The number of guanidine groups is 1. The van der Waals surface area contributed by atoms with E-state index in [1.54, 1.807) is 0 Å². The van der Waals surface area contributed by atoms with Gasteiger partial charge in [0.05, 0.1) is 0 Å². The maximum atomic E-state index is 5.80. The highest BCUT2D eigenvalue weighted by molar-refractivity contribution is 14.0. The molecule has 1 fully saturated rings. The first-order valence-electron chi connectivity index (χ1n) is 8.98. The third kappa shape index (κ3) is 8.55. The fourth-order valence-corrected chi connectivity index (χ4v) is 3.19. The van der Waals surface area contributed by atoms with E-state index < -0.39 is 0 Å². The van der Waals surface area contributed by atoms with Crippen molar-refractivity contribution in [3.8, 4) is 0 Å². The van der Waals surface area contributed by atoms with Gasteiger partial charge in [0, 0.05) is 38.9 Å². The Labute approximate surface area is 174 Å². The number of halogens is 2. The largest absolute Gasteiger partial charge is 0.356 e. The van der Waals surface area contributed by atoms with Crippen LogP contribution in [0.1, 0.15) is 38.2 Å². The van der Waals surface area contributed by atoms with Crippen molar-refractivity contribution in [2.24, 2.45) is 4.99 Å². The summed E-state index contributed by atoms with van der Waals surface area (Å²) in [5.41, 5.74) is 1.17. The maximum Gasteiger partial charge on any atom is 0.190 e. The molecule has 1 aromatic rings. The zero-order chi connectivity index (χ0) is 17.2. The lowest BCUT2D eigenvalue weighted by Crippen LogP contribution is -2.41. The lowest BCUT2D eigenvalue weighted by atomic mass is 10.0. The molecule has 0 radical (unpaired) electrons. The molecule has 0 saturated carbocycles. The second-order valence-corrected chi connectivity index (χ2v) is 6.79. The van der Waals surface area contributed by atoms with E-state index in [0.29, 0.717) is 5.15 Å². The summed E-state index contributed by atoms with van der Waals surface area (Å²) in [6, 6.07) is 4.57. The van der Waals surface area contributed by atoms with Crippen LogP contribution in [0.3, 0.4) is 0 Å². The Bertz CT molecular complexity index is 509. The Balaban J connectivity index is 0.00000312. The van der Waals surface area contributed by atoms with Gasteiger partial charge in [0.2, 0.25) is 0 Å². The smallest absolute Gasteiger partial charge is 0.190 e. The minimum Gasteiger partial charge on any atom is -0.356 e. The molecule has 0 bridgehead atoms. The number of rotatable bonds is 7. The van der Waals surface area contributed by atoms with Gasteiger partial charge in [0.25, 0.3) is 0 Å². The molecular weight excluding hydrogens is 449 g/mol. The van der Waals surface area contributed by atoms with E-state index in [1.165, 1.54) is 37.9 Å². The molecule has 0 spiro atoms. The molecule has 1 unspecified atom stereocenters. The quantitative estimate of drug-likeness (QED) is 0.207. The first-order valence-corrected chi connectivity index (χ1v) is 9.36. The minimum atomic E-state index is 0. The van der Waals surface area contributed by atoms with Gasteiger partial charge >= 0.3 is 0 Å². The first kappa shape index (κ1) is 22.4. The van der Waals surface area contributed by atoms with Gasteiger partial charge in [0.15, 0.2) is 5.96 Å². The summed E-state index contributed by atoms with van der Waals surface area (Å²) in [5, 5.41) is 7.27. The molecule has 1 aliphatic rings. The van der Waals surface area contributed by atoms with Crippen LogP contribution in [0.5, 0.6) is 0 Å². The highest BCUT2D eigenvalue weighted by Crippen LogP contribution is 2.16. The van der Waals surface area contributed by atoms with Crippen LogP contribution in [0.4, 0.5) is 0 Å². The average Bonchev–Trinajstić information content (AvgIpc) is 2.60. The molecule has 1 atom stereocenters. The SMILES string of the molecule is CN=C(NCCCN1CCCCC1C)NCCc1ccc(Cl)nc1.I. The summed E-state index contributed by atoms with van der Waals surface area (Å²) >= 11 is 5.80. The third-order valence-electron chi connectivity index (χ3n) is 4.57. The summed E-state index contributed by atoms with van der Waals surface area (Å²) in [5.74, 6) is 0.864. The molecule has 0 aliphatic carbocycles. The average molecular weight is 480 g/mol. The topological polar surface area (TPSA) is 52.6 Å². The van der Waals surface area contributed by atoms with Crippen molar-refractivity contribution in [2.75, 3.05) is 33.2 Å². The predicted molar refractivity (Wildman–Crippen MR) is 117 cm³/mol. The molecule has 0 aromatic carbocycles. The molecule has 1 saturated heterocycles. The molecule has 0 amide bonds. The van der Waals surface area contributed by atoms with Gasteiger partial charge < -0.3 is 15.5 Å². The van der Waals surface area contributed by atoms with Gasteiger partial charge in [-0.3, -0.25) is 4.99 Å². The number of pyridine rings is 1. The Morgan fingerprint density at radius 3 is 2.80 bits per heavy atom. The molecule has 2 heterocycles. The van der Waals surface area contributed by atoms with Crippen LogP contribution in [0, 0.1) is 0 Å². The Morgan fingerprint density at radius 1 is 1.32 bits per heavy atom. The van der Waals surface area contributed by atoms with Crippen molar-refractivity contribution in [1.82, 2.24) is 20.5 Å². The molecule has 142 valence electrons. The molecule has 7 heteroatoms. The third-order valence-corrected chi connectivity index (χ3v) is 4.80. The number of nitrogens with one attached hydrogen (secondary N) is 2. The maximum absolute atomic E-state index is 5.80. The molecule has 25 heavy (non-hydrogen) atoms. The number of hydrogen-bond donors (Lipinski definition) is 2. The Kier molecular flexibility index (Phi) is 11.4. The summed E-state index contributed by atoms with van der Waals surface area (Å²) < 4.78 is 0. The van der Waals surface area contributed by atoms with Gasteiger partial charge in [-0.15, -0.1) is 24.0 Å². The Morgan fingerprint density at radius 2 is 2.12 bits per heavy atom. The van der Waals surface area contributed by atoms with Crippen LogP contribution in [-0.4, -0.2) is 55.1 Å². The van der Waals surface area contributed by atoms with Gasteiger partial charge in [-0.05, 0) is 50.8 Å². The highest BCUT2D eigenvalue weighted by atomic mass is 127. The van der Waals surface area contributed by atoms with E-state index in [0.717, 1.165) is 37.9 Å². The van der Waals surface area contributed by atoms with Crippen LogP contribution in [0.25, 0.3) is 0 Å². The summed E-state index contributed by atoms with van der Waals surface area (Å²) in [4.78, 5) is 11.0. The van der Waals surface area contributed by atoms with Crippen molar-refractivity contribution in [2.45, 2.75) is 45.1 Å². The number of hydrogen-bond acceptors (Lipinski definition) is 3. The summed E-state index contributed by atoms with van der Waals surface area (Å²) in [7, 11) is 1.81. The fourth-order valence-electron chi connectivity index (χ4n) is 3.08. The van der Waals surface area contributed by atoms with Crippen molar-refractivity contribution >= 4 is 41.5 Å². The number of nitrogens with zero attached hydrogens (tertiary/aromatic N) is 3. The second kappa shape index (κ2) is 12.7. The van der Waals surface area contributed by atoms with E-state index in [4.69, 9.17) is 11.6 Å². The van der Waals surface area contributed by atoms with Gasteiger partial charge in [-0.2, -0.15) is 0 Å². The minimum absolute atomic E-state index is 0. The van der Waals surface area contributed by atoms with E-state index in [9.17, 15) is 0 Å². The number of likely N-dealkylation sites (tertiary alicyclic amines) is 1. The van der Waals surface area contributed by atoms with Crippen LogP contribution in [-0.2, 0) is 6.42 Å². The van der Waals surface area contributed by atoms with Crippen molar-refractivity contribution in [1.29, 1.82) is 0 Å². The lowest BCUT2D eigenvalue weighted by Gasteiger charge is -2.33. The standard InChI is InChI=1S/C18H30ClN5.HI/c1-15-6-3-4-12-24(15)13-5-10-21-18(20-2)22-11-9-16-7-8-17(19)23-14-16;/h7-8,14-15H,3-6,9-13H2,1-2H3,(H2,20,21,22);1H. The van der Waals surface area contributed by atoms with Crippen molar-refractivity contribution in [3.63, 3.8) is 0 Å². The zero-order valence-electron chi connectivity index (χ0n) is 15.3. The second-order valence-electron chi connectivity index (χ2n) is 6.40. The molecule has 2 rings (SSSR count). The van der Waals surface area contributed by atoms with Gasteiger partial charge in [-0.25, -0.2) is 4.98 Å². The molecular formula is C18H31ClIN5. The van der Waals surface area contributed by atoms with E-state index >= 15 is 0 Å². The van der Waals surface area contributed by atoms with Gasteiger partial charge in [-0.1, -0.05) is 24.1 Å². The monoisotopic (exact) mass is 479 g/mol. The van der Waals surface area contributed by atoms with Crippen LogP contribution < -0.4 is 10.6 Å². The Hall–Kier alpha value is -0.600. The number of aliphatic imine (C=N–C) groups is 1. The molecule has 5 nitrogen and oxygen atoms in total. The zero-order valence-corrected chi connectivity index (χ0v) is 18.4. The van der Waals surface area contributed by atoms with Crippen molar-refractivity contribution in [3.05, 3.63) is 29.0 Å². The summed E-state index contributed by atoms with van der Waals surface area (Å²) in [6.07, 6.45) is 7.94. The molecule has 1 aromatic heterocycles. The summed E-state index contributed by atoms with van der Waals surface area (Å²) in [6.45, 7) is 6.54. The number of piperidine rings is 1. The lowest BCUT2D eigenvalue weighted by molar-refractivity contribution is 0.159. The normalized spacial score (nSPS) is 18.5. The highest BCUT2D eigenvalue weighted by Gasteiger charge is 2.16. The number of aromatic nitrogens is 1.